The van der Waals surface area contributed by atoms with E-state index in [1.807, 2.05) is 26.8 Å². The summed E-state index contributed by atoms with van der Waals surface area (Å²) in [7, 11) is 3.28. The van der Waals surface area contributed by atoms with Gasteiger partial charge < -0.3 is 19.5 Å². The topological polar surface area (TPSA) is 112 Å². The number of carboxylic acids is 1. The van der Waals surface area contributed by atoms with Gasteiger partial charge in [-0.25, -0.2) is 4.68 Å². The first-order valence-corrected chi connectivity index (χ1v) is 13.1. The molecular formula is C28H27Cl2N5O5. The normalized spacial score (nSPS) is 12.4. The van der Waals surface area contributed by atoms with Gasteiger partial charge in [-0.1, -0.05) is 23.2 Å². The molecule has 5 rings (SSSR count). The average molecular weight is 584 g/mol. The second-order valence-corrected chi connectivity index (χ2v) is 11.3. The summed E-state index contributed by atoms with van der Waals surface area (Å²) >= 11 is 12.7. The van der Waals surface area contributed by atoms with E-state index in [0.717, 1.165) is 0 Å². The van der Waals surface area contributed by atoms with Crippen molar-refractivity contribution in [3.8, 4) is 39.6 Å². The van der Waals surface area contributed by atoms with E-state index in [4.69, 9.17) is 42.9 Å². The van der Waals surface area contributed by atoms with Gasteiger partial charge in [0.2, 0.25) is 0 Å². The van der Waals surface area contributed by atoms with Crippen molar-refractivity contribution in [2.45, 2.75) is 39.5 Å². The molecule has 3 heterocycles. The van der Waals surface area contributed by atoms with E-state index in [1.54, 1.807) is 60.4 Å². The molecule has 1 amide bonds. The van der Waals surface area contributed by atoms with Crippen molar-refractivity contribution < 1.29 is 24.2 Å². The highest BCUT2D eigenvalue weighted by atomic mass is 35.5. The van der Waals surface area contributed by atoms with Crippen molar-refractivity contribution >= 4 is 35.1 Å². The summed E-state index contributed by atoms with van der Waals surface area (Å²) < 4.78 is 14.8. The molecule has 0 aliphatic carbocycles. The molecule has 0 bridgehead atoms. The SMILES string of the molecule is COc1cc2c(cc1-c1cnn(CC(=O)O)c1)-c1c(c(C(=O)N(C)C(C)(C)C)nn1-c1cc(Cl)cc(Cl)c1)CO2. The lowest BCUT2D eigenvalue weighted by Crippen LogP contribution is -2.43. The summed E-state index contributed by atoms with van der Waals surface area (Å²) in [5.41, 5.74) is 3.60. The fraction of sp³-hybridized carbons (Fsp3) is 0.286. The number of carbonyl (C=O) groups excluding carboxylic acids is 1. The highest BCUT2D eigenvalue weighted by Crippen LogP contribution is 2.46. The third-order valence-corrected chi connectivity index (χ3v) is 7.20. The molecule has 4 aromatic rings. The molecule has 40 heavy (non-hydrogen) atoms. The summed E-state index contributed by atoms with van der Waals surface area (Å²) in [6.07, 6.45) is 3.20. The van der Waals surface area contributed by atoms with Gasteiger partial charge in [-0.2, -0.15) is 10.2 Å². The molecular weight excluding hydrogens is 557 g/mol. The van der Waals surface area contributed by atoms with Crippen molar-refractivity contribution in [2.24, 2.45) is 0 Å². The Kier molecular flexibility index (Phi) is 7.01. The number of fused-ring (bicyclic) bond motifs is 3. The molecule has 1 aliphatic heterocycles. The van der Waals surface area contributed by atoms with Crippen LogP contribution in [-0.2, 0) is 17.9 Å². The van der Waals surface area contributed by atoms with Crippen LogP contribution in [0.2, 0.25) is 10.0 Å². The van der Waals surface area contributed by atoms with Gasteiger partial charge in [0.1, 0.15) is 24.7 Å². The summed E-state index contributed by atoms with van der Waals surface area (Å²) in [6, 6.07) is 8.68. The Morgan fingerprint density at radius 3 is 2.45 bits per heavy atom. The van der Waals surface area contributed by atoms with E-state index in [9.17, 15) is 9.59 Å². The zero-order valence-electron chi connectivity index (χ0n) is 22.5. The van der Waals surface area contributed by atoms with Gasteiger partial charge in [0.15, 0.2) is 5.69 Å². The van der Waals surface area contributed by atoms with Crippen LogP contribution in [0.1, 0.15) is 36.8 Å². The van der Waals surface area contributed by atoms with Crippen molar-refractivity contribution in [1.82, 2.24) is 24.5 Å². The van der Waals surface area contributed by atoms with Gasteiger partial charge in [-0.15, -0.1) is 0 Å². The third kappa shape index (κ3) is 5.00. The predicted octanol–water partition coefficient (Wildman–Crippen LogP) is 5.57. The van der Waals surface area contributed by atoms with Crippen LogP contribution in [0.5, 0.6) is 11.5 Å². The number of ether oxygens (including phenoxy) is 2. The van der Waals surface area contributed by atoms with Crippen LogP contribution in [0.25, 0.3) is 28.1 Å². The summed E-state index contributed by atoms with van der Waals surface area (Å²) in [5.74, 6) is -0.223. The second-order valence-electron chi connectivity index (χ2n) is 10.4. The van der Waals surface area contributed by atoms with Gasteiger partial charge in [0, 0.05) is 57.1 Å². The number of methoxy groups -OCH3 is 1. The van der Waals surface area contributed by atoms with Gasteiger partial charge in [-0.3, -0.25) is 14.3 Å². The van der Waals surface area contributed by atoms with Crippen LogP contribution >= 0.6 is 23.2 Å². The van der Waals surface area contributed by atoms with E-state index in [1.165, 1.54) is 4.68 Å². The molecule has 10 nitrogen and oxygen atoms in total. The summed E-state index contributed by atoms with van der Waals surface area (Å²) in [4.78, 5) is 26.5. The van der Waals surface area contributed by atoms with Crippen LogP contribution in [0.4, 0.5) is 0 Å². The Labute approximate surface area is 240 Å². The Hall–Kier alpha value is -4.02. The molecule has 0 saturated carbocycles. The number of hydrogen-bond acceptors (Lipinski definition) is 6. The quantitative estimate of drug-likeness (QED) is 0.316. The van der Waals surface area contributed by atoms with E-state index in [2.05, 4.69) is 5.10 Å². The maximum Gasteiger partial charge on any atom is 0.325 e. The van der Waals surface area contributed by atoms with E-state index >= 15 is 0 Å². The molecule has 0 saturated heterocycles. The molecule has 2 aromatic heterocycles. The molecule has 0 radical (unpaired) electrons. The van der Waals surface area contributed by atoms with Crippen molar-refractivity contribution in [3.63, 3.8) is 0 Å². The fourth-order valence-corrected chi connectivity index (χ4v) is 5.00. The number of carboxylic acid groups (broad SMARTS) is 1. The van der Waals surface area contributed by atoms with Crippen molar-refractivity contribution in [1.29, 1.82) is 0 Å². The number of aliphatic carboxylic acids is 1. The number of benzene rings is 2. The first kappa shape index (κ1) is 27.5. The molecule has 1 N–H and O–H groups in total. The zero-order valence-corrected chi connectivity index (χ0v) is 24.0. The van der Waals surface area contributed by atoms with Crippen molar-refractivity contribution in [2.75, 3.05) is 14.2 Å². The largest absolute Gasteiger partial charge is 0.496 e. The predicted molar refractivity (Wildman–Crippen MR) is 151 cm³/mol. The van der Waals surface area contributed by atoms with Crippen LogP contribution < -0.4 is 9.47 Å². The molecule has 0 fully saturated rings. The lowest BCUT2D eigenvalue weighted by molar-refractivity contribution is -0.137. The van der Waals surface area contributed by atoms with Gasteiger partial charge in [-0.05, 0) is 45.0 Å². The molecule has 0 spiro atoms. The molecule has 0 unspecified atom stereocenters. The summed E-state index contributed by atoms with van der Waals surface area (Å²) in [6.45, 7) is 5.66. The van der Waals surface area contributed by atoms with Gasteiger partial charge >= 0.3 is 5.97 Å². The second kappa shape index (κ2) is 10.2. The molecule has 12 heteroatoms. The third-order valence-electron chi connectivity index (χ3n) is 6.76. The molecule has 0 atom stereocenters. The maximum absolute atomic E-state index is 13.7. The van der Waals surface area contributed by atoms with Crippen LogP contribution in [0.15, 0.2) is 42.7 Å². The number of hydrogen-bond donors (Lipinski definition) is 1. The maximum atomic E-state index is 13.7. The number of carbonyl (C=O) groups is 2. The number of rotatable bonds is 6. The smallest absolute Gasteiger partial charge is 0.325 e. The Bertz CT molecular complexity index is 1630. The standard InChI is InChI=1S/C28H27Cl2N5O5/c1-28(2,3)33(4)27(38)25-21-14-40-23-10-22(39-5)19(15-11-31-34(12-15)13-24(36)37)9-20(23)26(21)35(32-25)18-7-16(29)6-17(30)8-18/h6-12H,13-14H2,1-5H3,(H,36,37). The summed E-state index contributed by atoms with van der Waals surface area (Å²) in [5, 5.41) is 18.9. The highest BCUT2D eigenvalue weighted by molar-refractivity contribution is 6.34. The van der Waals surface area contributed by atoms with E-state index < -0.39 is 11.5 Å². The number of nitrogens with zero attached hydrogens (tertiary/aromatic N) is 5. The number of halogens is 2. The Morgan fingerprint density at radius 2 is 1.82 bits per heavy atom. The first-order chi connectivity index (χ1) is 18.9. The Morgan fingerprint density at radius 1 is 1.12 bits per heavy atom. The first-order valence-electron chi connectivity index (χ1n) is 12.3. The van der Waals surface area contributed by atoms with Crippen LogP contribution in [0, 0.1) is 0 Å². The zero-order chi connectivity index (χ0) is 28.9. The van der Waals surface area contributed by atoms with E-state index in [0.29, 0.717) is 55.2 Å². The van der Waals surface area contributed by atoms with Crippen LogP contribution in [-0.4, -0.2) is 61.1 Å². The minimum atomic E-state index is -1.01. The average Bonchev–Trinajstić information content (AvgIpc) is 3.50. The molecule has 208 valence electrons. The fourth-order valence-electron chi connectivity index (χ4n) is 4.49. The number of amides is 1. The Balaban J connectivity index is 1.75. The number of aromatic nitrogens is 4. The van der Waals surface area contributed by atoms with Gasteiger partial charge in [0.25, 0.3) is 5.91 Å². The lowest BCUT2D eigenvalue weighted by Gasteiger charge is -2.31. The molecule has 2 aromatic carbocycles. The van der Waals surface area contributed by atoms with Crippen LogP contribution in [0.3, 0.4) is 0 Å². The van der Waals surface area contributed by atoms with E-state index in [-0.39, 0.29) is 24.8 Å². The highest BCUT2D eigenvalue weighted by Gasteiger charge is 2.34. The lowest BCUT2D eigenvalue weighted by atomic mass is 9.96. The molecule has 1 aliphatic rings. The minimum Gasteiger partial charge on any atom is -0.496 e. The van der Waals surface area contributed by atoms with Gasteiger partial charge in [0.05, 0.1) is 24.7 Å². The monoisotopic (exact) mass is 583 g/mol. The minimum absolute atomic E-state index is 0.106. The van der Waals surface area contributed by atoms with Crippen molar-refractivity contribution in [3.05, 3.63) is 64.0 Å².